The lowest BCUT2D eigenvalue weighted by atomic mass is 10.1. The lowest BCUT2D eigenvalue weighted by Gasteiger charge is -2.15. The van der Waals surface area contributed by atoms with Crippen LogP contribution < -0.4 is 5.32 Å². The normalized spacial score (nSPS) is 21.8. The van der Waals surface area contributed by atoms with Crippen molar-refractivity contribution in [2.45, 2.75) is 38.8 Å². The van der Waals surface area contributed by atoms with Gasteiger partial charge in [0.1, 0.15) is 0 Å². The van der Waals surface area contributed by atoms with E-state index in [0.29, 0.717) is 12.1 Å². The summed E-state index contributed by atoms with van der Waals surface area (Å²) < 4.78 is 0. The van der Waals surface area contributed by atoms with Crippen molar-refractivity contribution in [3.63, 3.8) is 0 Å². The van der Waals surface area contributed by atoms with Crippen LogP contribution in [-0.4, -0.2) is 6.04 Å². The predicted octanol–water partition coefficient (Wildman–Crippen LogP) is 2.73. The Morgan fingerprint density at radius 3 is 3.17 bits per heavy atom. The Labute approximate surface area is 77.8 Å². The largest absolute Gasteiger partial charge is 0.308 e. The molecule has 0 aromatic carbocycles. The molecule has 0 bridgehead atoms. The lowest BCUT2D eigenvalue weighted by Crippen LogP contribution is -2.26. The quantitative estimate of drug-likeness (QED) is 0.739. The Morgan fingerprint density at radius 1 is 1.58 bits per heavy atom. The fourth-order valence-corrected chi connectivity index (χ4v) is 2.83. The number of nitrogens with one attached hydrogen (secondary N) is 1. The minimum atomic E-state index is 0.598. The third-order valence-electron chi connectivity index (χ3n) is 2.35. The number of rotatable bonds is 2. The summed E-state index contributed by atoms with van der Waals surface area (Å²) in [4.78, 5) is 1.59. The first kappa shape index (κ1) is 8.27. The first-order chi connectivity index (χ1) is 5.77. The van der Waals surface area contributed by atoms with E-state index in [9.17, 15) is 0 Å². The second-order valence-corrected chi connectivity index (χ2v) is 4.71. The second-order valence-electron chi connectivity index (χ2n) is 3.71. The summed E-state index contributed by atoms with van der Waals surface area (Å²) in [5.41, 5.74) is 1.55. The molecule has 0 spiro atoms. The standard InChI is InChI=1S/C10H15NS/c1-7(2)11-9-3-4-10-8(9)5-6-12-10/h5-7,9,11H,3-4H2,1-2H3. The van der Waals surface area contributed by atoms with Gasteiger partial charge in [-0.2, -0.15) is 0 Å². The maximum absolute atomic E-state index is 3.59. The molecule has 66 valence electrons. The van der Waals surface area contributed by atoms with Gasteiger partial charge in [0.15, 0.2) is 0 Å². The van der Waals surface area contributed by atoms with Crippen LogP contribution in [-0.2, 0) is 6.42 Å². The number of thiophene rings is 1. The van der Waals surface area contributed by atoms with E-state index in [1.54, 1.807) is 10.4 Å². The van der Waals surface area contributed by atoms with Crippen LogP contribution in [0.25, 0.3) is 0 Å². The molecule has 1 N–H and O–H groups in total. The van der Waals surface area contributed by atoms with Crippen LogP contribution in [0.5, 0.6) is 0 Å². The molecule has 12 heavy (non-hydrogen) atoms. The van der Waals surface area contributed by atoms with Gasteiger partial charge in [-0.15, -0.1) is 11.3 Å². The molecule has 0 saturated heterocycles. The number of hydrogen-bond donors (Lipinski definition) is 1. The summed E-state index contributed by atoms with van der Waals surface area (Å²) in [6, 6.07) is 3.50. The molecule has 1 aromatic rings. The van der Waals surface area contributed by atoms with Crippen molar-refractivity contribution in [2.24, 2.45) is 0 Å². The van der Waals surface area contributed by atoms with Gasteiger partial charge < -0.3 is 5.32 Å². The minimum absolute atomic E-state index is 0.598. The van der Waals surface area contributed by atoms with Gasteiger partial charge in [0.05, 0.1) is 0 Å². The number of aryl methyl sites for hydroxylation is 1. The Balaban J connectivity index is 2.12. The van der Waals surface area contributed by atoms with Crippen molar-refractivity contribution in [1.29, 1.82) is 0 Å². The molecule has 0 fully saturated rings. The van der Waals surface area contributed by atoms with Crippen molar-refractivity contribution in [1.82, 2.24) is 5.32 Å². The first-order valence-electron chi connectivity index (χ1n) is 4.59. The summed E-state index contributed by atoms with van der Waals surface area (Å²) >= 11 is 1.90. The van der Waals surface area contributed by atoms with Gasteiger partial charge in [0.2, 0.25) is 0 Å². The van der Waals surface area contributed by atoms with E-state index in [4.69, 9.17) is 0 Å². The molecular formula is C10H15NS. The summed E-state index contributed by atoms with van der Waals surface area (Å²) in [7, 11) is 0. The molecule has 2 heteroatoms. The molecule has 1 nitrogen and oxygen atoms in total. The third kappa shape index (κ3) is 1.41. The SMILES string of the molecule is CC(C)NC1CCc2sccc21. The molecule has 0 saturated carbocycles. The zero-order chi connectivity index (χ0) is 8.55. The Kier molecular flexibility index (Phi) is 2.20. The molecule has 1 heterocycles. The van der Waals surface area contributed by atoms with Crippen molar-refractivity contribution in [2.75, 3.05) is 0 Å². The van der Waals surface area contributed by atoms with Crippen molar-refractivity contribution < 1.29 is 0 Å². The van der Waals surface area contributed by atoms with Crippen LogP contribution in [0, 0.1) is 0 Å². The fraction of sp³-hybridized carbons (Fsp3) is 0.600. The number of hydrogen-bond acceptors (Lipinski definition) is 2. The van der Waals surface area contributed by atoms with Crippen LogP contribution in [0.1, 0.15) is 36.8 Å². The van der Waals surface area contributed by atoms with E-state index in [-0.39, 0.29) is 0 Å². The van der Waals surface area contributed by atoms with Gasteiger partial charge in [0.25, 0.3) is 0 Å². The fourth-order valence-electron chi connectivity index (χ4n) is 1.87. The number of fused-ring (bicyclic) bond motifs is 1. The Morgan fingerprint density at radius 2 is 2.42 bits per heavy atom. The molecule has 1 unspecified atom stereocenters. The highest BCUT2D eigenvalue weighted by atomic mass is 32.1. The summed E-state index contributed by atoms with van der Waals surface area (Å²) in [5.74, 6) is 0. The summed E-state index contributed by atoms with van der Waals surface area (Å²) in [5, 5.41) is 5.80. The van der Waals surface area contributed by atoms with Crippen molar-refractivity contribution in [3.05, 3.63) is 21.9 Å². The highest BCUT2D eigenvalue weighted by Crippen LogP contribution is 2.34. The van der Waals surface area contributed by atoms with Gasteiger partial charge in [0, 0.05) is 17.0 Å². The maximum Gasteiger partial charge on any atom is 0.0336 e. The van der Waals surface area contributed by atoms with Crippen molar-refractivity contribution >= 4 is 11.3 Å². The zero-order valence-electron chi connectivity index (χ0n) is 7.63. The monoisotopic (exact) mass is 181 g/mol. The van der Waals surface area contributed by atoms with E-state index in [2.05, 4.69) is 30.6 Å². The van der Waals surface area contributed by atoms with Gasteiger partial charge in [-0.05, 0) is 29.9 Å². The van der Waals surface area contributed by atoms with Crippen LogP contribution >= 0.6 is 11.3 Å². The topological polar surface area (TPSA) is 12.0 Å². The van der Waals surface area contributed by atoms with E-state index in [1.807, 2.05) is 11.3 Å². The van der Waals surface area contributed by atoms with E-state index in [0.717, 1.165) is 0 Å². The van der Waals surface area contributed by atoms with Gasteiger partial charge >= 0.3 is 0 Å². The third-order valence-corrected chi connectivity index (χ3v) is 3.35. The highest BCUT2D eigenvalue weighted by molar-refractivity contribution is 7.10. The molecule has 0 aliphatic heterocycles. The highest BCUT2D eigenvalue weighted by Gasteiger charge is 2.23. The van der Waals surface area contributed by atoms with Crippen LogP contribution in [0.3, 0.4) is 0 Å². The second kappa shape index (κ2) is 3.19. The molecule has 1 atom stereocenters. The Bertz CT molecular complexity index is 265. The van der Waals surface area contributed by atoms with Crippen LogP contribution in [0.15, 0.2) is 11.4 Å². The van der Waals surface area contributed by atoms with E-state index >= 15 is 0 Å². The molecule has 1 aliphatic rings. The molecule has 0 radical (unpaired) electrons. The average Bonchev–Trinajstić information content (AvgIpc) is 2.52. The summed E-state index contributed by atoms with van der Waals surface area (Å²) in [6.07, 6.45) is 2.57. The average molecular weight is 181 g/mol. The van der Waals surface area contributed by atoms with Crippen molar-refractivity contribution in [3.8, 4) is 0 Å². The molecule has 2 rings (SSSR count). The zero-order valence-corrected chi connectivity index (χ0v) is 8.45. The molecule has 0 amide bonds. The van der Waals surface area contributed by atoms with E-state index < -0.39 is 0 Å². The lowest BCUT2D eigenvalue weighted by molar-refractivity contribution is 0.475. The first-order valence-corrected chi connectivity index (χ1v) is 5.47. The van der Waals surface area contributed by atoms with E-state index in [1.165, 1.54) is 12.8 Å². The smallest absolute Gasteiger partial charge is 0.0336 e. The molecule has 1 aromatic heterocycles. The van der Waals surface area contributed by atoms with Crippen LogP contribution in [0.2, 0.25) is 0 Å². The van der Waals surface area contributed by atoms with Gasteiger partial charge in [-0.1, -0.05) is 13.8 Å². The maximum atomic E-state index is 3.59. The van der Waals surface area contributed by atoms with Gasteiger partial charge in [-0.3, -0.25) is 0 Å². The Hall–Kier alpha value is -0.340. The predicted molar refractivity (Wildman–Crippen MR) is 53.7 cm³/mol. The summed E-state index contributed by atoms with van der Waals surface area (Å²) in [6.45, 7) is 4.43. The van der Waals surface area contributed by atoms with Crippen LogP contribution in [0.4, 0.5) is 0 Å². The molecule has 1 aliphatic carbocycles. The van der Waals surface area contributed by atoms with Gasteiger partial charge in [-0.25, -0.2) is 0 Å². The minimum Gasteiger partial charge on any atom is -0.308 e. The molecular weight excluding hydrogens is 166 g/mol.